The van der Waals surface area contributed by atoms with E-state index in [-0.39, 0.29) is 6.54 Å². The Morgan fingerprint density at radius 1 is 1.64 bits per heavy atom. The van der Waals surface area contributed by atoms with Crippen molar-refractivity contribution in [3.8, 4) is 0 Å². The Balaban J connectivity index is 2.14. The predicted molar refractivity (Wildman–Crippen MR) is 36.3 cm³/mol. The molecular formula is C6H9F2N3. The van der Waals surface area contributed by atoms with Gasteiger partial charge in [0.05, 0.1) is 13.1 Å². The Labute approximate surface area is 62.8 Å². The zero-order chi connectivity index (χ0) is 8.10. The molecule has 1 aromatic rings. The summed E-state index contributed by atoms with van der Waals surface area (Å²) in [5.74, 6) is 0.672. The van der Waals surface area contributed by atoms with Crippen molar-refractivity contribution < 1.29 is 8.78 Å². The van der Waals surface area contributed by atoms with Crippen molar-refractivity contribution in [1.29, 1.82) is 0 Å². The molecule has 0 aliphatic heterocycles. The predicted octanol–water partition coefficient (Wildman–Crippen LogP) is 0.764. The lowest BCUT2D eigenvalue weighted by Crippen LogP contribution is -2.21. The SMILES string of the molecule is FC(F)CNCc1ncc[nH]1. The fourth-order valence-corrected chi connectivity index (χ4v) is 0.694. The smallest absolute Gasteiger partial charge is 0.250 e. The van der Waals surface area contributed by atoms with Crippen molar-refractivity contribution >= 4 is 0 Å². The van der Waals surface area contributed by atoms with Gasteiger partial charge in [-0.2, -0.15) is 0 Å². The molecule has 2 N–H and O–H groups in total. The lowest BCUT2D eigenvalue weighted by molar-refractivity contribution is 0.145. The molecule has 3 nitrogen and oxygen atoms in total. The van der Waals surface area contributed by atoms with Crippen LogP contribution in [0.25, 0.3) is 0 Å². The first kappa shape index (κ1) is 8.13. The summed E-state index contributed by atoms with van der Waals surface area (Å²) < 4.78 is 23.1. The van der Waals surface area contributed by atoms with Crippen LogP contribution in [0.3, 0.4) is 0 Å². The number of nitrogens with one attached hydrogen (secondary N) is 2. The van der Waals surface area contributed by atoms with E-state index >= 15 is 0 Å². The first-order chi connectivity index (χ1) is 5.29. The number of aromatic nitrogens is 2. The second-order valence-corrected chi connectivity index (χ2v) is 2.06. The van der Waals surface area contributed by atoms with Gasteiger partial charge in [-0.05, 0) is 0 Å². The highest BCUT2D eigenvalue weighted by molar-refractivity contribution is 4.85. The van der Waals surface area contributed by atoms with Crippen LogP contribution in [-0.2, 0) is 6.54 Å². The number of alkyl halides is 2. The topological polar surface area (TPSA) is 40.7 Å². The summed E-state index contributed by atoms with van der Waals surface area (Å²) in [6.07, 6.45) is 0.934. The molecule has 0 saturated carbocycles. The van der Waals surface area contributed by atoms with Crippen LogP contribution in [0.5, 0.6) is 0 Å². The number of hydrogen-bond donors (Lipinski definition) is 2. The fraction of sp³-hybridized carbons (Fsp3) is 0.500. The van der Waals surface area contributed by atoms with Gasteiger partial charge in [0.1, 0.15) is 5.82 Å². The number of aromatic amines is 1. The molecule has 0 fully saturated rings. The molecule has 5 heteroatoms. The Bertz CT molecular complexity index is 186. The fourth-order valence-electron chi connectivity index (χ4n) is 0.694. The molecule has 0 unspecified atom stereocenters. The van der Waals surface area contributed by atoms with Crippen molar-refractivity contribution in [2.45, 2.75) is 13.0 Å². The third kappa shape index (κ3) is 3.08. The number of nitrogens with zero attached hydrogens (tertiary/aromatic N) is 1. The van der Waals surface area contributed by atoms with E-state index in [2.05, 4.69) is 15.3 Å². The van der Waals surface area contributed by atoms with E-state index in [1.165, 1.54) is 0 Å². The summed E-state index contributed by atoms with van der Waals surface area (Å²) in [5.41, 5.74) is 0. The Hall–Kier alpha value is -0.970. The molecule has 0 atom stereocenters. The first-order valence-corrected chi connectivity index (χ1v) is 3.26. The number of rotatable bonds is 4. The standard InChI is InChI=1S/C6H9F2N3/c7-5(8)3-9-4-6-10-1-2-11-6/h1-2,5,9H,3-4H2,(H,10,11). The Morgan fingerprint density at radius 3 is 3.00 bits per heavy atom. The molecule has 0 amide bonds. The molecule has 0 aromatic carbocycles. The van der Waals surface area contributed by atoms with Gasteiger partial charge >= 0.3 is 0 Å². The monoisotopic (exact) mass is 161 g/mol. The number of hydrogen-bond acceptors (Lipinski definition) is 2. The van der Waals surface area contributed by atoms with Crippen LogP contribution in [0, 0.1) is 0 Å². The van der Waals surface area contributed by atoms with Gasteiger partial charge in [-0.15, -0.1) is 0 Å². The summed E-state index contributed by atoms with van der Waals surface area (Å²) in [5, 5.41) is 2.54. The van der Waals surface area contributed by atoms with Gasteiger partial charge in [0.2, 0.25) is 0 Å². The van der Waals surface area contributed by atoms with Crippen molar-refractivity contribution in [2.75, 3.05) is 6.54 Å². The highest BCUT2D eigenvalue weighted by atomic mass is 19.3. The summed E-state index contributed by atoms with van der Waals surface area (Å²) >= 11 is 0. The van der Waals surface area contributed by atoms with Crippen molar-refractivity contribution in [3.05, 3.63) is 18.2 Å². The van der Waals surface area contributed by atoms with E-state index in [9.17, 15) is 8.78 Å². The van der Waals surface area contributed by atoms with E-state index in [0.717, 1.165) is 0 Å². The van der Waals surface area contributed by atoms with Gasteiger partial charge < -0.3 is 10.3 Å². The highest BCUT2D eigenvalue weighted by Gasteiger charge is 2.00. The molecule has 62 valence electrons. The lowest BCUT2D eigenvalue weighted by atomic mass is 10.5. The van der Waals surface area contributed by atoms with Gasteiger partial charge in [0.15, 0.2) is 0 Å². The first-order valence-electron chi connectivity index (χ1n) is 3.26. The van der Waals surface area contributed by atoms with Crippen LogP contribution >= 0.6 is 0 Å². The number of halogens is 2. The molecule has 0 aliphatic carbocycles. The van der Waals surface area contributed by atoms with Crippen molar-refractivity contribution in [3.63, 3.8) is 0 Å². The highest BCUT2D eigenvalue weighted by Crippen LogP contribution is 1.90. The second kappa shape index (κ2) is 4.02. The minimum absolute atomic E-state index is 0.291. The third-order valence-electron chi connectivity index (χ3n) is 1.15. The molecule has 0 bridgehead atoms. The Morgan fingerprint density at radius 2 is 2.45 bits per heavy atom. The number of imidazole rings is 1. The van der Waals surface area contributed by atoms with Crippen LogP contribution < -0.4 is 5.32 Å². The third-order valence-corrected chi connectivity index (χ3v) is 1.15. The summed E-state index contributed by atoms with van der Waals surface area (Å²) in [4.78, 5) is 6.64. The molecule has 1 heterocycles. The van der Waals surface area contributed by atoms with Crippen LogP contribution in [0.2, 0.25) is 0 Å². The van der Waals surface area contributed by atoms with Gasteiger partial charge in [-0.3, -0.25) is 0 Å². The van der Waals surface area contributed by atoms with Crippen LogP contribution in [0.15, 0.2) is 12.4 Å². The minimum atomic E-state index is -2.30. The molecular weight excluding hydrogens is 152 g/mol. The molecule has 0 radical (unpaired) electrons. The van der Waals surface area contributed by atoms with Crippen molar-refractivity contribution in [2.24, 2.45) is 0 Å². The quantitative estimate of drug-likeness (QED) is 0.684. The molecule has 0 spiro atoms. The lowest BCUT2D eigenvalue weighted by Gasteiger charge is -1.99. The van der Waals surface area contributed by atoms with Crippen LogP contribution in [0.4, 0.5) is 8.78 Å². The maximum atomic E-state index is 11.6. The van der Waals surface area contributed by atoms with Gasteiger partial charge in [-0.1, -0.05) is 0 Å². The van der Waals surface area contributed by atoms with E-state index in [1.54, 1.807) is 12.4 Å². The van der Waals surface area contributed by atoms with E-state index in [0.29, 0.717) is 12.4 Å². The average molecular weight is 161 g/mol. The summed E-state index contributed by atoms with van der Waals surface area (Å²) in [7, 11) is 0. The van der Waals surface area contributed by atoms with E-state index in [1.807, 2.05) is 0 Å². The summed E-state index contributed by atoms with van der Waals surface area (Å²) in [6.45, 7) is 0.0675. The Kier molecular flexibility index (Phi) is 2.97. The maximum absolute atomic E-state index is 11.6. The molecule has 1 aromatic heterocycles. The van der Waals surface area contributed by atoms with E-state index < -0.39 is 6.43 Å². The molecule has 1 rings (SSSR count). The molecule has 0 saturated heterocycles. The average Bonchev–Trinajstić information content (AvgIpc) is 2.39. The number of H-pyrrole nitrogens is 1. The zero-order valence-corrected chi connectivity index (χ0v) is 5.85. The van der Waals surface area contributed by atoms with Crippen LogP contribution in [-0.4, -0.2) is 22.9 Å². The summed E-state index contributed by atoms with van der Waals surface area (Å²) in [6, 6.07) is 0. The van der Waals surface area contributed by atoms with Gasteiger partial charge in [0, 0.05) is 12.4 Å². The molecule has 0 aliphatic rings. The largest absolute Gasteiger partial charge is 0.348 e. The van der Waals surface area contributed by atoms with Crippen LogP contribution in [0.1, 0.15) is 5.82 Å². The second-order valence-electron chi connectivity index (χ2n) is 2.06. The van der Waals surface area contributed by atoms with Gasteiger partial charge in [-0.25, -0.2) is 13.8 Å². The van der Waals surface area contributed by atoms with E-state index in [4.69, 9.17) is 0 Å². The van der Waals surface area contributed by atoms with Crippen molar-refractivity contribution in [1.82, 2.24) is 15.3 Å². The van der Waals surface area contributed by atoms with Gasteiger partial charge in [0.25, 0.3) is 6.43 Å². The molecule has 11 heavy (non-hydrogen) atoms. The maximum Gasteiger partial charge on any atom is 0.250 e. The zero-order valence-electron chi connectivity index (χ0n) is 5.85. The normalized spacial score (nSPS) is 10.8. The minimum Gasteiger partial charge on any atom is -0.348 e.